The van der Waals surface area contributed by atoms with Gasteiger partial charge in [0.05, 0.1) is 12.0 Å². The van der Waals surface area contributed by atoms with Crippen molar-refractivity contribution in [3.05, 3.63) is 29.8 Å². The van der Waals surface area contributed by atoms with Gasteiger partial charge in [-0.1, -0.05) is 12.1 Å². The van der Waals surface area contributed by atoms with Gasteiger partial charge in [0.2, 0.25) is 0 Å². The lowest BCUT2D eigenvalue weighted by atomic mass is 10.0. The molecule has 0 saturated heterocycles. The van der Waals surface area contributed by atoms with Crippen LogP contribution in [0.25, 0.3) is 0 Å². The quantitative estimate of drug-likeness (QED) is 0.623. The number of rotatable bonds is 4. The van der Waals surface area contributed by atoms with Gasteiger partial charge in [0, 0.05) is 24.5 Å². The Morgan fingerprint density at radius 2 is 1.88 bits per heavy atom. The SMILES string of the molecule is CCNC=Nc1ccc(C2(C)N=CC=N2)cc1. The summed E-state index contributed by atoms with van der Waals surface area (Å²) < 4.78 is 0. The second-order valence-corrected chi connectivity index (χ2v) is 3.94. The third-order valence-electron chi connectivity index (χ3n) is 2.64. The first-order valence-corrected chi connectivity index (χ1v) is 5.70. The predicted octanol–water partition coefficient (Wildman–Crippen LogP) is 2.28. The van der Waals surface area contributed by atoms with Crippen LogP contribution in [0.15, 0.2) is 39.2 Å². The fourth-order valence-electron chi connectivity index (χ4n) is 1.61. The van der Waals surface area contributed by atoms with E-state index in [0.29, 0.717) is 0 Å². The Morgan fingerprint density at radius 3 is 2.47 bits per heavy atom. The highest BCUT2D eigenvalue weighted by atomic mass is 15.1. The van der Waals surface area contributed by atoms with Crippen LogP contribution in [0.2, 0.25) is 0 Å². The van der Waals surface area contributed by atoms with E-state index in [4.69, 9.17) is 0 Å². The van der Waals surface area contributed by atoms with Crippen LogP contribution < -0.4 is 5.32 Å². The Hall–Kier alpha value is -1.97. The van der Waals surface area contributed by atoms with Crippen LogP contribution in [0.5, 0.6) is 0 Å². The van der Waals surface area contributed by atoms with Gasteiger partial charge in [-0.2, -0.15) is 0 Å². The molecule has 1 aromatic rings. The highest BCUT2D eigenvalue weighted by Crippen LogP contribution is 2.29. The minimum atomic E-state index is -0.454. The number of hydrogen-bond donors (Lipinski definition) is 1. The summed E-state index contributed by atoms with van der Waals surface area (Å²) in [7, 11) is 0. The van der Waals surface area contributed by atoms with Gasteiger partial charge in [-0.05, 0) is 26.0 Å². The lowest BCUT2D eigenvalue weighted by Gasteiger charge is -2.17. The molecule has 4 heteroatoms. The van der Waals surface area contributed by atoms with E-state index in [-0.39, 0.29) is 0 Å². The summed E-state index contributed by atoms with van der Waals surface area (Å²) in [5.41, 5.74) is 1.54. The molecule has 0 amide bonds. The zero-order valence-corrected chi connectivity index (χ0v) is 10.1. The van der Waals surface area contributed by atoms with Crippen LogP contribution in [0, 0.1) is 0 Å². The first-order chi connectivity index (χ1) is 8.24. The summed E-state index contributed by atoms with van der Waals surface area (Å²) >= 11 is 0. The lowest BCUT2D eigenvalue weighted by Crippen LogP contribution is -2.12. The van der Waals surface area contributed by atoms with Crippen molar-refractivity contribution in [2.24, 2.45) is 15.0 Å². The first kappa shape index (κ1) is 11.5. The van der Waals surface area contributed by atoms with Crippen LogP contribution >= 0.6 is 0 Å². The van der Waals surface area contributed by atoms with Gasteiger partial charge in [0.1, 0.15) is 0 Å². The summed E-state index contributed by atoms with van der Waals surface area (Å²) in [5.74, 6) is 0. The predicted molar refractivity (Wildman–Crippen MR) is 72.6 cm³/mol. The highest BCUT2D eigenvalue weighted by molar-refractivity contribution is 6.17. The zero-order valence-electron chi connectivity index (χ0n) is 10.1. The number of nitrogens with one attached hydrogen (secondary N) is 1. The molecular formula is C13H16N4. The van der Waals surface area contributed by atoms with E-state index in [1.165, 1.54) is 0 Å². The minimum absolute atomic E-state index is 0.454. The average Bonchev–Trinajstić information content (AvgIpc) is 2.79. The van der Waals surface area contributed by atoms with Crippen molar-refractivity contribution in [2.75, 3.05) is 6.54 Å². The van der Waals surface area contributed by atoms with E-state index >= 15 is 0 Å². The van der Waals surface area contributed by atoms with Gasteiger partial charge in [0.15, 0.2) is 5.66 Å². The number of benzene rings is 1. The smallest absolute Gasteiger partial charge is 0.172 e. The Morgan fingerprint density at radius 1 is 1.24 bits per heavy atom. The van der Waals surface area contributed by atoms with Gasteiger partial charge in [-0.3, -0.25) is 9.98 Å². The lowest BCUT2D eigenvalue weighted by molar-refractivity contribution is 0.543. The van der Waals surface area contributed by atoms with Crippen molar-refractivity contribution >= 4 is 24.5 Å². The van der Waals surface area contributed by atoms with Crippen LogP contribution in [-0.2, 0) is 5.66 Å². The molecule has 1 aliphatic heterocycles. The van der Waals surface area contributed by atoms with Crippen LogP contribution in [-0.4, -0.2) is 25.3 Å². The third-order valence-corrected chi connectivity index (χ3v) is 2.64. The normalized spacial score (nSPS) is 16.8. The molecule has 0 aromatic heterocycles. The highest BCUT2D eigenvalue weighted by Gasteiger charge is 2.24. The summed E-state index contributed by atoms with van der Waals surface area (Å²) in [4.78, 5) is 13.0. The van der Waals surface area contributed by atoms with E-state index in [2.05, 4.69) is 20.3 Å². The second kappa shape index (κ2) is 4.91. The maximum atomic E-state index is 4.34. The molecule has 1 aliphatic rings. The third kappa shape index (κ3) is 2.58. The largest absolute Gasteiger partial charge is 0.376 e. The molecule has 0 unspecified atom stereocenters. The van der Waals surface area contributed by atoms with Crippen LogP contribution in [0.1, 0.15) is 19.4 Å². The molecule has 0 aliphatic carbocycles. The molecule has 17 heavy (non-hydrogen) atoms. The average molecular weight is 228 g/mol. The van der Waals surface area contributed by atoms with E-state index in [0.717, 1.165) is 17.8 Å². The van der Waals surface area contributed by atoms with E-state index in [1.807, 2.05) is 38.1 Å². The fraction of sp³-hybridized carbons (Fsp3) is 0.308. The van der Waals surface area contributed by atoms with Crippen molar-refractivity contribution in [3.63, 3.8) is 0 Å². The molecule has 0 spiro atoms. The molecule has 2 rings (SSSR count). The molecule has 1 aromatic carbocycles. The number of nitrogens with zero attached hydrogens (tertiary/aromatic N) is 3. The van der Waals surface area contributed by atoms with Gasteiger partial charge in [-0.15, -0.1) is 0 Å². The standard InChI is InChI=1S/C13H16N4/c1-3-14-10-15-12-6-4-11(5-7-12)13(2)16-8-9-17-13/h4-10H,3H2,1-2H3,(H,14,15). The van der Waals surface area contributed by atoms with Crippen molar-refractivity contribution in [2.45, 2.75) is 19.5 Å². The number of aliphatic imine (C=N–C) groups is 3. The monoisotopic (exact) mass is 228 g/mol. The molecule has 4 nitrogen and oxygen atoms in total. The molecule has 0 atom stereocenters. The van der Waals surface area contributed by atoms with Gasteiger partial charge >= 0.3 is 0 Å². The van der Waals surface area contributed by atoms with Gasteiger partial charge in [-0.25, -0.2) is 4.99 Å². The Bertz CT molecular complexity index is 445. The fourth-order valence-corrected chi connectivity index (χ4v) is 1.61. The second-order valence-electron chi connectivity index (χ2n) is 3.94. The zero-order chi connectivity index (χ0) is 12.1. The van der Waals surface area contributed by atoms with Crippen LogP contribution in [0.4, 0.5) is 5.69 Å². The molecule has 0 saturated carbocycles. The van der Waals surface area contributed by atoms with Crippen molar-refractivity contribution < 1.29 is 0 Å². The van der Waals surface area contributed by atoms with Gasteiger partial charge in [0.25, 0.3) is 0 Å². The summed E-state index contributed by atoms with van der Waals surface area (Å²) in [6.07, 6.45) is 5.18. The molecule has 0 radical (unpaired) electrons. The topological polar surface area (TPSA) is 49.1 Å². The summed E-state index contributed by atoms with van der Waals surface area (Å²) in [6.45, 7) is 4.90. The van der Waals surface area contributed by atoms with E-state index in [9.17, 15) is 0 Å². The van der Waals surface area contributed by atoms with Crippen LogP contribution in [0.3, 0.4) is 0 Å². The summed E-state index contributed by atoms with van der Waals surface area (Å²) in [6, 6.07) is 7.97. The van der Waals surface area contributed by atoms with Crippen molar-refractivity contribution in [3.8, 4) is 0 Å². The molecule has 1 N–H and O–H groups in total. The number of hydrogen-bond acceptors (Lipinski definition) is 3. The van der Waals surface area contributed by atoms with E-state index < -0.39 is 5.66 Å². The first-order valence-electron chi connectivity index (χ1n) is 5.70. The van der Waals surface area contributed by atoms with Gasteiger partial charge < -0.3 is 5.32 Å². The Labute approximate surface area is 101 Å². The maximum absolute atomic E-state index is 4.34. The van der Waals surface area contributed by atoms with E-state index in [1.54, 1.807) is 18.8 Å². The molecule has 0 fully saturated rings. The minimum Gasteiger partial charge on any atom is -0.376 e. The molecule has 0 bridgehead atoms. The molecule has 1 heterocycles. The maximum Gasteiger partial charge on any atom is 0.172 e. The Kier molecular flexibility index (Phi) is 3.32. The summed E-state index contributed by atoms with van der Waals surface area (Å²) in [5, 5.41) is 3.04. The Balaban J connectivity index is 2.13. The van der Waals surface area contributed by atoms with Crippen molar-refractivity contribution in [1.82, 2.24) is 5.32 Å². The molecule has 88 valence electrons. The molecular weight excluding hydrogens is 212 g/mol. The van der Waals surface area contributed by atoms with Crippen molar-refractivity contribution in [1.29, 1.82) is 0 Å².